The second-order valence-electron chi connectivity index (χ2n) is 5.11. The third-order valence-electron chi connectivity index (χ3n) is 3.51. The van der Waals surface area contributed by atoms with Crippen LogP contribution >= 0.6 is 0 Å². The molecule has 1 amide bonds. The molecule has 0 radical (unpaired) electrons. The molecule has 0 aliphatic rings. The second kappa shape index (κ2) is 8.01. The highest BCUT2D eigenvalue weighted by Gasteiger charge is 2.09. The van der Waals surface area contributed by atoms with Crippen LogP contribution in [0.4, 0.5) is 0 Å². The topological polar surface area (TPSA) is 84.9 Å². The predicted molar refractivity (Wildman–Crippen MR) is 89.0 cm³/mol. The highest BCUT2D eigenvalue weighted by atomic mass is 16.5. The molecule has 24 heavy (non-hydrogen) atoms. The lowest BCUT2D eigenvalue weighted by atomic mass is 10.1. The molecule has 2 aromatic rings. The Bertz CT molecular complexity index is 702. The van der Waals surface area contributed by atoms with Crippen molar-refractivity contribution in [1.82, 2.24) is 5.32 Å². The van der Waals surface area contributed by atoms with E-state index in [0.717, 1.165) is 5.56 Å². The van der Waals surface area contributed by atoms with E-state index in [0.29, 0.717) is 30.0 Å². The van der Waals surface area contributed by atoms with Gasteiger partial charge in [0.1, 0.15) is 11.5 Å². The van der Waals surface area contributed by atoms with Crippen molar-refractivity contribution in [2.75, 3.05) is 20.8 Å². The van der Waals surface area contributed by atoms with Crippen LogP contribution in [0, 0.1) is 0 Å². The number of rotatable bonds is 7. The van der Waals surface area contributed by atoms with E-state index < -0.39 is 5.97 Å². The van der Waals surface area contributed by atoms with Gasteiger partial charge in [0, 0.05) is 18.2 Å². The molecule has 0 aliphatic heterocycles. The molecule has 0 spiro atoms. The maximum absolute atomic E-state index is 12.2. The predicted octanol–water partition coefficient (Wildman–Crippen LogP) is 2.37. The van der Waals surface area contributed by atoms with Crippen LogP contribution in [0.25, 0.3) is 0 Å². The number of ether oxygens (including phenoxy) is 2. The Hall–Kier alpha value is -3.02. The zero-order valence-corrected chi connectivity index (χ0v) is 13.5. The lowest BCUT2D eigenvalue weighted by Gasteiger charge is -2.09. The SMILES string of the molecule is COc1cc(OC)cc(C(=O)NCCc2ccc(C(=O)O)cc2)c1. The molecule has 2 N–H and O–H groups in total. The number of carboxylic acid groups (broad SMARTS) is 1. The summed E-state index contributed by atoms with van der Waals surface area (Å²) in [5.74, 6) is -0.0938. The van der Waals surface area contributed by atoms with Gasteiger partial charge in [-0.3, -0.25) is 4.79 Å². The summed E-state index contributed by atoms with van der Waals surface area (Å²) in [5, 5.41) is 11.7. The van der Waals surface area contributed by atoms with E-state index in [2.05, 4.69) is 5.32 Å². The van der Waals surface area contributed by atoms with E-state index in [1.54, 1.807) is 42.5 Å². The van der Waals surface area contributed by atoms with Crippen LogP contribution in [0.3, 0.4) is 0 Å². The zero-order chi connectivity index (χ0) is 17.5. The van der Waals surface area contributed by atoms with Crippen LogP contribution in [0.2, 0.25) is 0 Å². The monoisotopic (exact) mass is 329 g/mol. The molecule has 0 atom stereocenters. The summed E-state index contributed by atoms with van der Waals surface area (Å²) in [6.07, 6.45) is 0.604. The number of nitrogens with one attached hydrogen (secondary N) is 1. The Morgan fingerprint density at radius 3 is 2.04 bits per heavy atom. The van der Waals surface area contributed by atoms with Crippen molar-refractivity contribution in [3.63, 3.8) is 0 Å². The molecule has 6 heteroatoms. The van der Waals surface area contributed by atoms with Gasteiger partial charge in [-0.05, 0) is 36.2 Å². The average molecular weight is 329 g/mol. The minimum Gasteiger partial charge on any atom is -0.497 e. The molecule has 0 aromatic heterocycles. The van der Waals surface area contributed by atoms with Crippen LogP contribution in [0.1, 0.15) is 26.3 Å². The third-order valence-corrected chi connectivity index (χ3v) is 3.51. The van der Waals surface area contributed by atoms with Crippen molar-refractivity contribution in [1.29, 1.82) is 0 Å². The lowest BCUT2D eigenvalue weighted by Crippen LogP contribution is -2.25. The number of carbonyl (C=O) groups is 2. The van der Waals surface area contributed by atoms with Crippen LogP contribution < -0.4 is 14.8 Å². The summed E-state index contributed by atoms with van der Waals surface area (Å²) < 4.78 is 10.3. The Balaban J connectivity index is 1.94. The van der Waals surface area contributed by atoms with Gasteiger partial charge in [-0.25, -0.2) is 4.79 Å². The average Bonchev–Trinajstić information content (AvgIpc) is 2.61. The van der Waals surface area contributed by atoms with Crippen molar-refractivity contribution in [3.8, 4) is 11.5 Å². The normalized spacial score (nSPS) is 10.1. The quantitative estimate of drug-likeness (QED) is 0.814. The fourth-order valence-electron chi connectivity index (χ4n) is 2.17. The van der Waals surface area contributed by atoms with E-state index in [4.69, 9.17) is 14.6 Å². The molecule has 0 bridgehead atoms. The molecule has 0 fully saturated rings. The van der Waals surface area contributed by atoms with E-state index in [1.807, 2.05) is 0 Å². The molecule has 2 rings (SSSR count). The summed E-state index contributed by atoms with van der Waals surface area (Å²) in [5.41, 5.74) is 1.64. The first-order chi connectivity index (χ1) is 11.5. The van der Waals surface area contributed by atoms with Gasteiger partial charge >= 0.3 is 5.97 Å². The molecule has 0 saturated carbocycles. The fourth-order valence-corrected chi connectivity index (χ4v) is 2.17. The zero-order valence-electron chi connectivity index (χ0n) is 13.5. The van der Waals surface area contributed by atoms with Gasteiger partial charge in [-0.1, -0.05) is 12.1 Å². The molecular weight excluding hydrogens is 310 g/mol. The van der Waals surface area contributed by atoms with E-state index in [9.17, 15) is 9.59 Å². The Morgan fingerprint density at radius 1 is 0.958 bits per heavy atom. The van der Waals surface area contributed by atoms with Crippen molar-refractivity contribution in [2.24, 2.45) is 0 Å². The largest absolute Gasteiger partial charge is 0.497 e. The van der Waals surface area contributed by atoms with E-state index in [1.165, 1.54) is 14.2 Å². The van der Waals surface area contributed by atoms with Crippen molar-refractivity contribution < 1.29 is 24.2 Å². The number of carbonyl (C=O) groups excluding carboxylic acids is 1. The van der Waals surface area contributed by atoms with Crippen LogP contribution in [0.15, 0.2) is 42.5 Å². The van der Waals surface area contributed by atoms with Gasteiger partial charge < -0.3 is 19.9 Å². The van der Waals surface area contributed by atoms with Crippen molar-refractivity contribution in [3.05, 3.63) is 59.2 Å². The number of hydrogen-bond donors (Lipinski definition) is 2. The summed E-state index contributed by atoms with van der Waals surface area (Å²) in [7, 11) is 3.05. The smallest absolute Gasteiger partial charge is 0.335 e. The molecule has 0 heterocycles. The number of methoxy groups -OCH3 is 2. The van der Waals surface area contributed by atoms with E-state index in [-0.39, 0.29) is 11.5 Å². The first-order valence-corrected chi connectivity index (χ1v) is 7.37. The maximum atomic E-state index is 12.2. The van der Waals surface area contributed by atoms with Gasteiger partial charge in [0.05, 0.1) is 19.8 Å². The van der Waals surface area contributed by atoms with Crippen LogP contribution in [0.5, 0.6) is 11.5 Å². The van der Waals surface area contributed by atoms with Gasteiger partial charge in [0.25, 0.3) is 5.91 Å². The van der Waals surface area contributed by atoms with E-state index >= 15 is 0 Å². The molecule has 2 aromatic carbocycles. The molecule has 0 aliphatic carbocycles. The highest BCUT2D eigenvalue weighted by molar-refractivity contribution is 5.95. The van der Waals surface area contributed by atoms with Crippen LogP contribution in [-0.4, -0.2) is 37.7 Å². The highest BCUT2D eigenvalue weighted by Crippen LogP contribution is 2.22. The summed E-state index contributed by atoms with van der Waals surface area (Å²) in [6, 6.07) is 11.5. The fraction of sp³-hybridized carbons (Fsp3) is 0.222. The molecular formula is C18H19NO5. The maximum Gasteiger partial charge on any atom is 0.335 e. The number of carboxylic acids is 1. The molecule has 0 unspecified atom stereocenters. The van der Waals surface area contributed by atoms with Gasteiger partial charge in [0.15, 0.2) is 0 Å². The lowest BCUT2D eigenvalue weighted by molar-refractivity contribution is 0.0696. The van der Waals surface area contributed by atoms with Gasteiger partial charge in [0.2, 0.25) is 0 Å². The number of benzene rings is 2. The third kappa shape index (κ3) is 4.49. The molecule has 0 saturated heterocycles. The number of hydrogen-bond acceptors (Lipinski definition) is 4. The van der Waals surface area contributed by atoms with Crippen molar-refractivity contribution in [2.45, 2.75) is 6.42 Å². The summed E-state index contributed by atoms with van der Waals surface area (Å²) in [4.78, 5) is 23.0. The van der Waals surface area contributed by atoms with Crippen molar-refractivity contribution >= 4 is 11.9 Å². The van der Waals surface area contributed by atoms with Crippen LogP contribution in [-0.2, 0) is 6.42 Å². The number of amides is 1. The van der Waals surface area contributed by atoms with Gasteiger partial charge in [-0.15, -0.1) is 0 Å². The Kier molecular flexibility index (Phi) is 5.78. The molecule has 126 valence electrons. The Morgan fingerprint density at radius 2 is 1.54 bits per heavy atom. The second-order valence-corrected chi connectivity index (χ2v) is 5.11. The number of aromatic carboxylic acids is 1. The standard InChI is InChI=1S/C18H19NO5/c1-23-15-9-14(10-16(11-15)24-2)17(20)19-8-7-12-3-5-13(6-4-12)18(21)22/h3-6,9-11H,7-8H2,1-2H3,(H,19,20)(H,21,22). The van der Waals surface area contributed by atoms with Gasteiger partial charge in [-0.2, -0.15) is 0 Å². The first-order valence-electron chi connectivity index (χ1n) is 7.37. The Labute approximate surface area is 140 Å². The minimum absolute atomic E-state index is 0.227. The summed E-state index contributed by atoms with van der Waals surface area (Å²) >= 11 is 0. The minimum atomic E-state index is -0.957. The molecule has 6 nitrogen and oxygen atoms in total. The summed E-state index contributed by atoms with van der Waals surface area (Å²) in [6.45, 7) is 0.435. The first kappa shape index (κ1) is 17.3.